The Morgan fingerprint density at radius 3 is 1.92 bits per heavy atom. The number of sulfonamides is 2. The number of nitrogens with one attached hydrogen (secondary N) is 2. The van der Waals surface area contributed by atoms with E-state index in [2.05, 4.69) is 19.4 Å². The number of aryl methyl sites for hydroxylation is 1. The van der Waals surface area contributed by atoms with Crippen molar-refractivity contribution in [1.82, 2.24) is 9.97 Å². The van der Waals surface area contributed by atoms with Crippen molar-refractivity contribution in [3.05, 3.63) is 119 Å². The van der Waals surface area contributed by atoms with E-state index in [0.29, 0.717) is 30.5 Å². The zero-order valence-corrected chi connectivity index (χ0v) is 27.8. The number of ether oxygens (including phenoxy) is 1. The van der Waals surface area contributed by atoms with Gasteiger partial charge in [-0.2, -0.15) is 27.4 Å². The van der Waals surface area contributed by atoms with Crippen LogP contribution in [0.3, 0.4) is 0 Å². The van der Waals surface area contributed by atoms with E-state index < -0.39 is 31.6 Å². The highest BCUT2D eigenvalue weighted by molar-refractivity contribution is 7.93. The summed E-state index contributed by atoms with van der Waals surface area (Å²) in [6.07, 6.45) is 3.72. The number of anilines is 2. The standard InChI is InChI=1S/C34H30N6O7S2/c1-2-34(26-8-5-10-28(17-26)40-49(45,46)32-15-13-25(20-36)22-38-32)18-30(41)29(33(42)47-34)11-4-7-23-6-3-9-27(16-23)39-48(43,44)31-14-12-24(19-35)21-37-31/h3,5-6,8-10,12-17,21-22,39-41H,2,4,7,11,18H2,1H3. The maximum Gasteiger partial charge on any atom is 0.338 e. The number of aliphatic hydroxyl groups excluding tert-OH is 1. The Kier molecular flexibility index (Phi) is 9.98. The van der Waals surface area contributed by atoms with Gasteiger partial charge in [0, 0.05) is 30.2 Å². The SMILES string of the molecule is CCC1(c2cccc(NS(=O)(=O)c3ccc(C#N)cn3)c2)CC(O)=C(CCCc2cccc(NS(=O)(=O)c3ccc(C#N)cn3)c2)C(=O)O1. The van der Waals surface area contributed by atoms with Crippen molar-refractivity contribution in [3.8, 4) is 12.1 Å². The monoisotopic (exact) mass is 698 g/mol. The second kappa shape index (κ2) is 14.1. The lowest BCUT2D eigenvalue weighted by molar-refractivity contribution is -0.161. The second-order valence-corrected chi connectivity index (χ2v) is 14.4. The number of hydrogen-bond acceptors (Lipinski definition) is 11. The van der Waals surface area contributed by atoms with E-state index in [0.717, 1.165) is 11.8 Å². The van der Waals surface area contributed by atoms with Gasteiger partial charge in [-0.25, -0.2) is 14.8 Å². The smallest absolute Gasteiger partial charge is 0.338 e. The number of carbonyl (C=O) groups is 1. The van der Waals surface area contributed by atoms with Crippen molar-refractivity contribution in [2.75, 3.05) is 9.44 Å². The van der Waals surface area contributed by atoms with Crippen LogP contribution < -0.4 is 9.44 Å². The van der Waals surface area contributed by atoms with Crippen molar-refractivity contribution in [1.29, 1.82) is 10.5 Å². The Morgan fingerprint density at radius 2 is 1.41 bits per heavy atom. The Morgan fingerprint density at radius 1 is 0.837 bits per heavy atom. The van der Waals surface area contributed by atoms with Crippen molar-refractivity contribution in [2.24, 2.45) is 0 Å². The van der Waals surface area contributed by atoms with Crippen LogP contribution in [0.1, 0.15) is 54.9 Å². The van der Waals surface area contributed by atoms with E-state index in [-0.39, 0.29) is 51.0 Å². The molecule has 3 N–H and O–H groups in total. The summed E-state index contributed by atoms with van der Waals surface area (Å²) in [5.74, 6) is -0.808. The molecule has 0 spiro atoms. The number of pyridine rings is 2. The highest BCUT2D eigenvalue weighted by Gasteiger charge is 2.42. The zero-order valence-electron chi connectivity index (χ0n) is 26.1. The van der Waals surface area contributed by atoms with Crippen molar-refractivity contribution in [3.63, 3.8) is 0 Å². The Hall–Kier alpha value is -5.77. The van der Waals surface area contributed by atoms with Gasteiger partial charge in [0.25, 0.3) is 20.0 Å². The van der Waals surface area contributed by atoms with Gasteiger partial charge in [0.15, 0.2) is 10.1 Å². The molecular weight excluding hydrogens is 669 g/mol. The van der Waals surface area contributed by atoms with Crippen LogP contribution in [0.4, 0.5) is 11.4 Å². The molecule has 0 bridgehead atoms. The van der Waals surface area contributed by atoms with Crippen LogP contribution in [0, 0.1) is 22.7 Å². The quantitative estimate of drug-likeness (QED) is 0.163. The number of carbonyl (C=O) groups excluding carboxylic acids is 1. The molecule has 250 valence electrons. The predicted octanol–water partition coefficient (Wildman–Crippen LogP) is 5.21. The summed E-state index contributed by atoms with van der Waals surface area (Å²) in [4.78, 5) is 20.9. The maximum atomic E-state index is 13.2. The summed E-state index contributed by atoms with van der Waals surface area (Å²) in [7, 11) is -8.08. The molecule has 0 amide bonds. The van der Waals surface area contributed by atoms with E-state index in [9.17, 15) is 26.7 Å². The third kappa shape index (κ3) is 7.86. The normalized spacial score (nSPS) is 16.3. The second-order valence-electron chi connectivity index (χ2n) is 11.2. The van der Waals surface area contributed by atoms with Crippen molar-refractivity contribution >= 4 is 37.4 Å². The lowest BCUT2D eigenvalue weighted by atomic mass is 9.83. The highest BCUT2D eigenvalue weighted by Crippen LogP contribution is 2.42. The number of nitriles is 2. The first-order chi connectivity index (χ1) is 23.4. The van der Waals surface area contributed by atoms with E-state index >= 15 is 0 Å². The van der Waals surface area contributed by atoms with Crippen molar-refractivity contribution < 1.29 is 31.5 Å². The highest BCUT2D eigenvalue weighted by atomic mass is 32.2. The molecule has 0 saturated carbocycles. The van der Waals surface area contributed by atoms with Gasteiger partial charge in [-0.3, -0.25) is 9.44 Å². The minimum atomic E-state index is -4.09. The maximum absolute atomic E-state index is 13.2. The van der Waals surface area contributed by atoms with Gasteiger partial charge in [-0.15, -0.1) is 0 Å². The molecule has 4 aromatic rings. The minimum absolute atomic E-state index is 0.0153. The average molecular weight is 699 g/mol. The van der Waals surface area contributed by atoms with Crippen LogP contribution in [0.15, 0.2) is 107 Å². The molecular formula is C34H30N6O7S2. The number of rotatable bonds is 12. The summed E-state index contributed by atoms with van der Waals surface area (Å²) in [5, 5.41) is 28.4. The van der Waals surface area contributed by atoms with Gasteiger partial charge in [0.1, 0.15) is 23.5 Å². The molecule has 2 aromatic carbocycles. The third-order valence-corrected chi connectivity index (χ3v) is 10.5. The summed E-state index contributed by atoms with van der Waals surface area (Å²) in [6, 6.07) is 22.1. The molecule has 5 rings (SSSR count). The van der Waals surface area contributed by atoms with Crippen molar-refractivity contribution in [2.45, 2.75) is 54.7 Å². The van der Waals surface area contributed by atoms with Crippen LogP contribution in [0.2, 0.25) is 0 Å². The summed E-state index contributed by atoms with van der Waals surface area (Å²) >= 11 is 0. The predicted molar refractivity (Wildman–Crippen MR) is 178 cm³/mol. The van der Waals surface area contributed by atoms with E-state index in [1.54, 1.807) is 37.3 Å². The first-order valence-corrected chi connectivity index (χ1v) is 18.0. The van der Waals surface area contributed by atoms with Crippen LogP contribution in [0.5, 0.6) is 0 Å². The molecule has 0 saturated heterocycles. The lowest BCUT2D eigenvalue weighted by Gasteiger charge is -2.37. The van der Waals surface area contributed by atoms with E-state index in [4.69, 9.17) is 15.3 Å². The largest absolute Gasteiger partial charge is 0.512 e. The topological polar surface area (TPSA) is 212 Å². The molecule has 0 aliphatic carbocycles. The molecule has 1 unspecified atom stereocenters. The van der Waals surface area contributed by atoms with Crippen LogP contribution >= 0.6 is 0 Å². The molecule has 1 atom stereocenters. The molecule has 15 heteroatoms. The molecule has 0 radical (unpaired) electrons. The fourth-order valence-corrected chi connectivity index (χ4v) is 7.29. The lowest BCUT2D eigenvalue weighted by Crippen LogP contribution is -2.37. The summed E-state index contributed by atoms with van der Waals surface area (Å²) < 4.78 is 62.2. The number of cyclic esters (lactones) is 1. The molecule has 2 aromatic heterocycles. The minimum Gasteiger partial charge on any atom is -0.512 e. The van der Waals surface area contributed by atoms with Gasteiger partial charge in [-0.1, -0.05) is 31.2 Å². The molecule has 3 heterocycles. The van der Waals surface area contributed by atoms with Gasteiger partial charge < -0.3 is 9.84 Å². The van der Waals surface area contributed by atoms with Crippen LogP contribution in [-0.2, 0) is 41.6 Å². The van der Waals surface area contributed by atoms with Gasteiger partial charge in [0.05, 0.1) is 16.7 Å². The number of esters is 1. The fourth-order valence-electron chi connectivity index (χ4n) is 5.33. The first kappa shape index (κ1) is 34.6. The molecule has 0 fully saturated rings. The van der Waals surface area contributed by atoms with Crippen LogP contribution in [0.25, 0.3) is 0 Å². The Balaban J connectivity index is 1.25. The van der Waals surface area contributed by atoms with Gasteiger partial charge >= 0.3 is 5.97 Å². The number of nitrogens with zero attached hydrogens (tertiary/aromatic N) is 4. The summed E-state index contributed by atoms with van der Waals surface area (Å²) in [5.41, 5.74) is 1.12. The number of benzene rings is 2. The van der Waals surface area contributed by atoms with E-state index in [1.165, 1.54) is 42.6 Å². The average Bonchev–Trinajstić information content (AvgIpc) is 3.09. The summed E-state index contributed by atoms with van der Waals surface area (Å²) in [6.45, 7) is 1.79. The van der Waals surface area contributed by atoms with Gasteiger partial charge in [-0.05, 0) is 85.3 Å². The molecule has 1 aliphatic rings. The Labute approximate surface area is 283 Å². The molecule has 13 nitrogen and oxygen atoms in total. The first-order valence-electron chi connectivity index (χ1n) is 15.0. The fraction of sp³-hybridized carbons (Fsp3) is 0.206. The Bertz CT molecular complexity index is 2230. The van der Waals surface area contributed by atoms with E-state index in [1.807, 2.05) is 18.2 Å². The van der Waals surface area contributed by atoms with Crippen LogP contribution in [-0.4, -0.2) is 37.9 Å². The zero-order chi connectivity index (χ0) is 35.2. The van der Waals surface area contributed by atoms with Gasteiger partial charge in [0.2, 0.25) is 0 Å². The third-order valence-electron chi connectivity index (χ3n) is 7.90. The number of hydrogen-bond donors (Lipinski definition) is 3. The number of aliphatic hydroxyl groups is 1. The molecule has 49 heavy (non-hydrogen) atoms. The molecule has 1 aliphatic heterocycles. The number of aromatic nitrogens is 2.